The maximum Gasteiger partial charge on any atom is 0.256 e. The lowest BCUT2D eigenvalue weighted by atomic mass is 9.99. The fraction of sp³-hybridized carbons (Fsp3) is 0.429. The topological polar surface area (TPSA) is 62.1 Å². The number of carbonyl (C=O) groups is 1. The van der Waals surface area contributed by atoms with E-state index in [1.165, 1.54) is 7.11 Å². The average molecular weight is 323 g/mol. The Morgan fingerprint density at radius 3 is 2.74 bits per heavy atom. The molecule has 1 fully saturated rings. The van der Waals surface area contributed by atoms with Crippen LogP contribution >= 0.6 is 15.9 Å². The van der Waals surface area contributed by atoms with Gasteiger partial charge < -0.3 is 10.1 Å². The molecule has 5 heteroatoms. The Labute approximate surface area is 120 Å². The molecule has 0 heterocycles. The molecule has 1 amide bonds. The van der Waals surface area contributed by atoms with Gasteiger partial charge in [-0.3, -0.25) is 4.79 Å². The van der Waals surface area contributed by atoms with Gasteiger partial charge >= 0.3 is 0 Å². The SMILES string of the molecule is COc1cc(Br)ccc1C(=O)NC1(C#N)CCCC1. The number of halogens is 1. The van der Waals surface area contributed by atoms with Crippen LogP contribution in [-0.4, -0.2) is 18.6 Å². The van der Waals surface area contributed by atoms with Crippen LogP contribution in [0.3, 0.4) is 0 Å². The number of amides is 1. The third-order valence-electron chi connectivity index (χ3n) is 3.43. The predicted molar refractivity (Wildman–Crippen MR) is 75.0 cm³/mol. The summed E-state index contributed by atoms with van der Waals surface area (Å²) in [5.41, 5.74) is -0.262. The van der Waals surface area contributed by atoms with Crippen LogP contribution in [0.2, 0.25) is 0 Å². The molecule has 1 aromatic rings. The summed E-state index contributed by atoms with van der Waals surface area (Å²) in [6.07, 6.45) is 3.39. The van der Waals surface area contributed by atoms with Crippen LogP contribution in [0.4, 0.5) is 0 Å². The second-order valence-electron chi connectivity index (χ2n) is 4.70. The third-order valence-corrected chi connectivity index (χ3v) is 3.93. The lowest BCUT2D eigenvalue weighted by Gasteiger charge is -2.22. The van der Waals surface area contributed by atoms with Gasteiger partial charge in [0.25, 0.3) is 5.91 Å². The summed E-state index contributed by atoms with van der Waals surface area (Å²) in [6, 6.07) is 7.46. The molecule has 0 bridgehead atoms. The van der Waals surface area contributed by atoms with E-state index >= 15 is 0 Å². The largest absolute Gasteiger partial charge is 0.496 e. The van der Waals surface area contributed by atoms with Gasteiger partial charge in [0.15, 0.2) is 0 Å². The van der Waals surface area contributed by atoms with Crippen molar-refractivity contribution in [2.24, 2.45) is 0 Å². The molecule has 1 saturated carbocycles. The Balaban J connectivity index is 2.23. The van der Waals surface area contributed by atoms with E-state index in [9.17, 15) is 10.1 Å². The second-order valence-corrected chi connectivity index (χ2v) is 5.62. The normalized spacial score (nSPS) is 16.7. The molecule has 1 aromatic carbocycles. The number of hydrogen-bond donors (Lipinski definition) is 1. The predicted octanol–water partition coefficient (Wildman–Crippen LogP) is 3.02. The van der Waals surface area contributed by atoms with Crippen LogP contribution in [-0.2, 0) is 0 Å². The molecule has 0 spiro atoms. The minimum atomic E-state index is -0.713. The van der Waals surface area contributed by atoms with Crippen LogP contribution in [0.5, 0.6) is 5.75 Å². The highest BCUT2D eigenvalue weighted by molar-refractivity contribution is 9.10. The number of hydrogen-bond acceptors (Lipinski definition) is 3. The van der Waals surface area contributed by atoms with E-state index in [1.54, 1.807) is 18.2 Å². The van der Waals surface area contributed by atoms with E-state index in [0.29, 0.717) is 24.2 Å². The average Bonchev–Trinajstić information content (AvgIpc) is 2.87. The lowest BCUT2D eigenvalue weighted by molar-refractivity contribution is 0.0917. The van der Waals surface area contributed by atoms with E-state index in [4.69, 9.17) is 4.74 Å². The Kier molecular flexibility index (Phi) is 4.11. The van der Waals surface area contributed by atoms with Crippen LogP contribution < -0.4 is 10.1 Å². The van der Waals surface area contributed by atoms with E-state index in [2.05, 4.69) is 27.3 Å². The highest BCUT2D eigenvalue weighted by atomic mass is 79.9. The van der Waals surface area contributed by atoms with E-state index in [-0.39, 0.29) is 5.91 Å². The molecule has 0 aliphatic heterocycles. The van der Waals surface area contributed by atoms with Crippen molar-refractivity contribution in [3.05, 3.63) is 28.2 Å². The Morgan fingerprint density at radius 1 is 1.47 bits per heavy atom. The molecule has 2 rings (SSSR count). The minimum absolute atomic E-state index is 0.257. The van der Waals surface area contributed by atoms with Gasteiger partial charge in [0.2, 0.25) is 0 Å². The molecule has 0 saturated heterocycles. The monoisotopic (exact) mass is 322 g/mol. The standard InChI is InChI=1S/C14H15BrN2O2/c1-19-12-8-10(15)4-5-11(12)13(18)17-14(9-16)6-2-3-7-14/h4-5,8H,2-3,6-7H2,1H3,(H,17,18). The number of nitrogens with one attached hydrogen (secondary N) is 1. The molecule has 19 heavy (non-hydrogen) atoms. The van der Waals surface area contributed by atoms with Crippen LogP contribution in [0.25, 0.3) is 0 Å². The molecule has 100 valence electrons. The summed E-state index contributed by atoms with van der Waals surface area (Å²) in [6.45, 7) is 0. The van der Waals surface area contributed by atoms with Crippen molar-refractivity contribution in [3.8, 4) is 11.8 Å². The van der Waals surface area contributed by atoms with Gasteiger partial charge in [0.05, 0.1) is 18.7 Å². The molecule has 0 atom stereocenters. The fourth-order valence-corrected chi connectivity index (χ4v) is 2.72. The van der Waals surface area contributed by atoms with Crippen molar-refractivity contribution in [2.75, 3.05) is 7.11 Å². The Hall–Kier alpha value is -1.54. The third kappa shape index (κ3) is 2.90. The first-order valence-electron chi connectivity index (χ1n) is 6.17. The van der Waals surface area contributed by atoms with Gasteiger partial charge in [-0.05, 0) is 43.9 Å². The maximum absolute atomic E-state index is 12.3. The van der Waals surface area contributed by atoms with Crippen molar-refractivity contribution in [1.82, 2.24) is 5.32 Å². The number of nitrogens with zero attached hydrogens (tertiary/aromatic N) is 1. The van der Waals surface area contributed by atoms with Gasteiger partial charge in [-0.15, -0.1) is 0 Å². The van der Waals surface area contributed by atoms with Crippen LogP contribution in [0.1, 0.15) is 36.0 Å². The first kappa shape index (κ1) is 13.9. The van der Waals surface area contributed by atoms with Crippen LogP contribution in [0, 0.1) is 11.3 Å². The van der Waals surface area contributed by atoms with Crippen molar-refractivity contribution < 1.29 is 9.53 Å². The van der Waals surface area contributed by atoms with Crippen molar-refractivity contribution in [3.63, 3.8) is 0 Å². The summed E-state index contributed by atoms with van der Waals surface area (Å²) < 4.78 is 6.05. The summed E-state index contributed by atoms with van der Waals surface area (Å²) in [4.78, 5) is 12.3. The number of rotatable bonds is 3. The van der Waals surface area contributed by atoms with E-state index < -0.39 is 5.54 Å². The van der Waals surface area contributed by atoms with E-state index in [1.807, 2.05) is 0 Å². The van der Waals surface area contributed by atoms with Gasteiger partial charge in [0, 0.05) is 4.47 Å². The molecule has 1 N–H and O–H groups in total. The van der Waals surface area contributed by atoms with Crippen molar-refractivity contribution >= 4 is 21.8 Å². The van der Waals surface area contributed by atoms with Gasteiger partial charge in [-0.25, -0.2) is 0 Å². The first-order valence-corrected chi connectivity index (χ1v) is 6.97. The van der Waals surface area contributed by atoms with Crippen molar-refractivity contribution in [2.45, 2.75) is 31.2 Å². The molecule has 1 aliphatic rings. The molecule has 0 radical (unpaired) electrons. The molecular weight excluding hydrogens is 308 g/mol. The zero-order chi connectivity index (χ0) is 13.9. The van der Waals surface area contributed by atoms with Gasteiger partial charge in [-0.1, -0.05) is 15.9 Å². The van der Waals surface area contributed by atoms with Gasteiger partial charge in [0.1, 0.15) is 11.3 Å². The number of carbonyl (C=O) groups excluding carboxylic acids is 1. The van der Waals surface area contributed by atoms with Crippen LogP contribution in [0.15, 0.2) is 22.7 Å². The van der Waals surface area contributed by atoms with Gasteiger partial charge in [-0.2, -0.15) is 5.26 Å². The summed E-state index contributed by atoms with van der Waals surface area (Å²) in [5.74, 6) is 0.241. The minimum Gasteiger partial charge on any atom is -0.496 e. The Morgan fingerprint density at radius 2 is 2.16 bits per heavy atom. The summed E-state index contributed by atoms with van der Waals surface area (Å²) in [5, 5.41) is 12.1. The quantitative estimate of drug-likeness (QED) is 0.930. The van der Waals surface area contributed by atoms with E-state index in [0.717, 1.165) is 17.3 Å². The fourth-order valence-electron chi connectivity index (χ4n) is 2.38. The first-order chi connectivity index (χ1) is 9.10. The number of benzene rings is 1. The lowest BCUT2D eigenvalue weighted by Crippen LogP contribution is -2.45. The molecule has 0 unspecified atom stereocenters. The molecule has 1 aliphatic carbocycles. The zero-order valence-electron chi connectivity index (χ0n) is 10.7. The molecule has 0 aromatic heterocycles. The summed E-state index contributed by atoms with van der Waals surface area (Å²) in [7, 11) is 1.52. The Bertz CT molecular complexity index is 531. The smallest absolute Gasteiger partial charge is 0.256 e. The molecule has 4 nitrogen and oxygen atoms in total. The second kappa shape index (κ2) is 5.62. The number of methoxy groups -OCH3 is 1. The number of ether oxygens (including phenoxy) is 1. The summed E-state index contributed by atoms with van der Waals surface area (Å²) >= 11 is 3.33. The number of nitriles is 1. The highest BCUT2D eigenvalue weighted by Crippen LogP contribution is 2.30. The van der Waals surface area contributed by atoms with Crippen molar-refractivity contribution in [1.29, 1.82) is 5.26 Å². The highest BCUT2D eigenvalue weighted by Gasteiger charge is 2.36. The molecular formula is C14H15BrN2O2. The maximum atomic E-state index is 12.3. The zero-order valence-corrected chi connectivity index (χ0v) is 12.3.